The largest absolute Gasteiger partial charge is 0.466 e. The molecule has 2 aromatic rings. The average Bonchev–Trinajstić information content (AvgIpc) is 3.02. The van der Waals surface area contributed by atoms with E-state index >= 15 is 0 Å². The number of piperidine rings is 1. The summed E-state index contributed by atoms with van der Waals surface area (Å²) in [5.41, 5.74) is 6.67. The highest BCUT2D eigenvalue weighted by Crippen LogP contribution is 2.31. The van der Waals surface area contributed by atoms with Gasteiger partial charge in [-0.25, -0.2) is 9.97 Å². The average molecular weight is 346 g/mol. The Kier molecular flexibility index (Phi) is 5.01. The molecule has 134 valence electrons. The highest BCUT2D eigenvalue weighted by Gasteiger charge is 2.28. The lowest BCUT2D eigenvalue weighted by Gasteiger charge is -2.32. The molecule has 0 spiro atoms. The van der Waals surface area contributed by atoms with E-state index < -0.39 is 0 Å². The number of hydrogen-bond donors (Lipinski definition) is 2. The van der Waals surface area contributed by atoms with Crippen molar-refractivity contribution < 1.29 is 14.1 Å². The molecule has 0 atom stereocenters. The number of esters is 1. The summed E-state index contributed by atoms with van der Waals surface area (Å²) in [6, 6.07) is 1.76. The number of nitrogens with one attached hydrogen (secondary N) is 1. The second-order valence-electron chi connectivity index (χ2n) is 5.92. The quantitative estimate of drug-likeness (QED) is 0.782. The molecule has 3 heterocycles. The number of nitrogen functional groups attached to an aromatic ring is 1. The van der Waals surface area contributed by atoms with Gasteiger partial charge in [0.2, 0.25) is 0 Å². The van der Waals surface area contributed by atoms with E-state index in [1.165, 1.54) is 6.33 Å². The van der Waals surface area contributed by atoms with Crippen LogP contribution in [0.1, 0.15) is 25.5 Å². The summed E-state index contributed by atoms with van der Waals surface area (Å²) in [5, 5.41) is 6.91. The number of nitrogens with zero attached hydrogens (tertiary/aromatic N) is 4. The van der Waals surface area contributed by atoms with Gasteiger partial charge < -0.3 is 25.2 Å². The molecular weight excluding hydrogens is 324 g/mol. The third-order valence-electron chi connectivity index (χ3n) is 4.15. The minimum Gasteiger partial charge on any atom is -0.466 e. The van der Waals surface area contributed by atoms with Crippen molar-refractivity contribution in [3.8, 4) is 0 Å². The van der Waals surface area contributed by atoms with Gasteiger partial charge in [-0.15, -0.1) is 0 Å². The third kappa shape index (κ3) is 3.81. The molecule has 1 aliphatic heterocycles. The fourth-order valence-corrected chi connectivity index (χ4v) is 2.87. The van der Waals surface area contributed by atoms with Crippen LogP contribution >= 0.6 is 0 Å². The zero-order valence-electron chi connectivity index (χ0n) is 14.4. The van der Waals surface area contributed by atoms with Gasteiger partial charge in [0.15, 0.2) is 17.5 Å². The van der Waals surface area contributed by atoms with Crippen molar-refractivity contribution in [2.45, 2.75) is 26.7 Å². The van der Waals surface area contributed by atoms with Gasteiger partial charge in [0.1, 0.15) is 17.8 Å². The molecule has 0 aliphatic carbocycles. The Morgan fingerprint density at radius 3 is 2.84 bits per heavy atom. The zero-order valence-corrected chi connectivity index (χ0v) is 14.4. The Bertz CT molecular complexity index is 739. The lowest BCUT2D eigenvalue weighted by molar-refractivity contribution is -0.148. The van der Waals surface area contributed by atoms with E-state index in [2.05, 4.69) is 25.3 Å². The van der Waals surface area contributed by atoms with Crippen molar-refractivity contribution in [3.05, 3.63) is 18.2 Å². The Balaban J connectivity index is 1.69. The lowest BCUT2D eigenvalue weighted by atomic mass is 9.97. The van der Waals surface area contributed by atoms with E-state index in [-0.39, 0.29) is 11.9 Å². The molecule has 0 aromatic carbocycles. The van der Waals surface area contributed by atoms with Gasteiger partial charge in [-0.2, -0.15) is 0 Å². The van der Waals surface area contributed by atoms with E-state index in [4.69, 9.17) is 15.0 Å². The molecule has 1 fully saturated rings. The fraction of sp³-hybridized carbons (Fsp3) is 0.500. The zero-order chi connectivity index (χ0) is 17.8. The van der Waals surface area contributed by atoms with Crippen LogP contribution in [0.5, 0.6) is 0 Å². The van der Waals surface area contributed by atoms with Crippen molar-refractivity contribution >= 4 is 29.1 Å². The molecule has 9 nitrogen and oxygen atoms in total. The topological polar surface area (TPSA) is 119 Å². The number of carbonyl (C=O) groups excluding carboxylic acids is 1. The van der Waals surface area contributed by atoms with E-state index in [1.807, 2.05) is 6.92 Å². The standard InChI is InChI=1S/C16H22N6O3/c1-3-24-16(23)11-4-6-22(7-5-11)15-13(17)14(18-9-19-15)20-12-8-10(2)25-21-12/h8-9,11H,3-7,17H2,1-2H3,(H,18,19,20,21). The van der Waals surface area contributed by atoms with E-state index in [0.29, 0.717) is 61.4 Å². The van der Waals surface area contributed by atoms with Crippen LogP contribution in [-0.2, 0) is 9.53 Å². The number of nitrogens with two attached hydrogens (primary N) is 1. The van der Waals surface area contributed by atoms with Gasteiger partial charge in [0.05, 0.1) is 12.5 Å². The predicted molar refractivity (Wildman–Crippen MR) is 92.5 cm³/mol. The van der Waals surface area contributed by atoms with Gasteiger partial charge >= 0.3 is 5.97 Å². The van der Waals surface area contributed by atoms with Crippen LogP contribution < -0.4 is 16.0 Å². The van der Waals surface area contributed by atoms with E-state index in [0.717, 1.165) is 0 Å². The molecule has 0 unspecified atom stereocenters. The molecule has 9 heteroatoms. The Morgan fingerprint density at radius 2 is 2.20 bits per heavy atom. The van der Waals surface area contributed by atoms with E-state index in [1.54, 1.807) is 13.0 Å². The smallest absolute Gasteiger partial charge is 0.309 e. The molecule has 3 rings (SSSR count). The number of hydrogen-bond acceptors (Lipinski definition) is 9. The summed E-state index contributed by atoms with van der Waals surface area (Å²) in [7, 11) is 0. The van der Waals surface area contributed by atoms with Crippen LogP contribution in [0.3, 0.4) is 0 Å². The molecule has 1 aliphatic rings. The summed E-state index contributed by atoms with van der Waals surface area (Å²) in [4.78, 5) is 22.4. The monoisotopic (exact) mass is 346 g/mol. The van der Waals surface area contributed by atoms with Crippen LogP contribution in [0.4, 0.5) is 23.1 Å². The highest BCUT2D eigenvalue weighted by atomic mass is 16.5. The van der Waals surface area contributed by atoms with Crippen molar-refractivity contribution in [2.75, 3.05) is 35.6 Å². The number of carbonyl (C=O) groups is 1. The molecule has 25 heavy (non-hydrogen) atoms. The molecule has 0 amide bonds. The second-order valence-corrected chi connectivity index (χ2v) is 5.92. The van der Waals surface area contributed by atoms with Crippen LogP contribution in [0.2, 0.25) is 0 Å². The maximum absolute atomic E-state index is 11.9. The van der Waals surface area contributed by atoms with Crippen LogP contribution in [0.15, 0.2) is 16.9 Å². The maximum atomic E-state index is 11.9. The molecule has 3 N–H and O–H groups in total. The van der Waals surface area contributed by atoms with Crippen molar-refractivity contribution in [3.63, 3.8) is 0 Å². The lowest BCUT2D eigenvalue weighted by Crippen LogP contribution is -2.37. The molecule has 0 bridgehead atoms. The molecule has 1 saturated heterocycles. The Hall–Kier alpha value is -2.84. The maximum Gasteiger partial charge on any atom is 0.309 e. The van der Waals surface area contributed by atoms with Gasteiger partial charge in [-0.05, 0) is 26.7 Å². The van der Waals surface area contributed by atoms with Crippen molar-refractivity contribution in [1.82, 2.24) is 15.1 Å². The number of anilines is 4. The van der Waals surface area contributed by atoms with Gasteiger partial charge in [0, 0.05) is 19.2 Å². The first kappa shape index (κ1) is 17.0. The summed E-state index contributed by atoms with van der Waals surface area (Å²) in [6.45, 7) is 5.41. The van der Waals surface area contributed by atoms with Crippen LogP contribution in [0.25, 0.3) is 0 Å². The minimum atomic E-state index is -0.124. The van der Waals surface area contributed by atoms with Crippen molar-refractivity contribution in [2.24, 2.45) is 5.92 Å². The minimum absolute atomic E-state index is 0.0602. The first-order valence-corrected chi connectivity index (χ1v) is 8.31. The van der Waals surface area contributed by atoms with Crippen LogP contribution in [-0.4, -0.2) is 40.8 Å². The molecular formula is C16H22N6O3. The summed E-state index contributed by atoms with van der Waals surface area (Å²) in [5.74, 6) is 2.17. The Morgan fingerprint density at radius 1 is 1.44 bits per heavy atom. The summed E-state index contributed by atoms with van der Waals surface area (Å²) < 4.78 is 10.1. The van der Waals surface area contributed by atoms with Crippen LogP contribution in [0, 0.1) is 12.8 Å². The highest BCUT2D eigenvalue weighted by molar-refractivity contribution is 5.78. The SMILES string of the molecule is CCOC(=O)C1CCN(c2ncnc(Nc3cc(C)on3)c2N)CC1. The Labute approximate surface area is 145 Å². The molecule has 0 radical (unpaired) electrons. The number of aromatic nitrogens is 3. The second kappa shape index (κ2) is 7.37. The summed E-state index contributed by atoms with van der Waals surface area (Å²) in [6.07, 6.45) is 2.89. The van der Waals surface area contributed by atoms with Gasteiger partial charge in [-0.3, -0.25) is 4.79 Å². The number of ether oxygens (including phenoxy) is 1. The third-order valence-corrected chi connectivity index (χ3v) is 4.15. The summed E-state index contributed by atoms with van der Waals surface area (Å²) >= 11 is 0. The first-order chi connectivity index (χ1) is 12.1. The van der Waals surface area contributed by atoms with Gasteiger partial charge in [0.25, 0.3) is 0 Å². The van der Waals surface area contributed by atoms with Gasteiger partial charge in [-0.1, -0.05) is 5.16 Å². The molecule has 0 saturated carbocycles. The number of rotatable bonds is 5. The first-order valence-electron chi connectivity index (χ1n) is 8.31. The molecule has 2 aromatic heterocycles. The van der Waals surface area contributed by atoms with Crippen molar-refractivity contribution in [1.29, 1.82) is 0 Å². The number of aryl methyl sites for hydroxylation is 1. The predicted octanol–water partition coefficient (Wildman–Crippen LogP) is 1.88. The van der Waals surface area contributed by atoms with E-state index in [9.17, 15) is 4.79 Å². The fourth-order valence-electron chi connectivity index (χ4n) is 2.87. The normalized spacial score (nSPS) is 15.2.